The highest BCUT2D eigenvalue weighted by atomic mass is 127. The molecule has 100 valence electrons. The smallest absolute Gasteiger partial charge is 0.0294 e. The summed E-state index contributed by atoms with van der Waals surface area (Å²) < 4.78 is 1.31. The van der Waals surface area contributed by atoms with Crippen LogP contribution < -0.4 is 5.32 Å². The van der Waals surface area contributed by atoms with Crippen molar-refractivity contribution in [2.45, 2.75) is 52.1 Å². The fraction of sp³-hybridized carbons (Fsp3) is 0.625. The second-order valence-corrected chi connectivity index (χ2v) is 6.90. The zero-order valence-electron chi connectivity index (χ0n) is 11.6. The fourth-order valence-electron chi connectivity index (χ4n) is 3.23. The molecule has 1 aromatic rings. The van der Waals surface area contributed by atoms with Crippen molar-refractivity contribution in [1.82, 2.24) is 5.32 Å². The van der Waals surface area contributed by atoms with Crippen LogP contribution in [0.15, 0.2) is 24.3 Å². The number of hydrogen-bond acceptors (Lipinski definition) is 1. The molecule has 1 N–H and O–H groups in total. The van der Waals surface area contributed by atoms with Crippen LogP contribution in [0.25, 0.3) is 0 Å². The Hall–Kier alpha value is -0.0900. The average Bonchev–Trinajstić information content (AvgIpc) is 2.71. The molecule has 18 heavy (non-hydrogen) atoms. The van der Waals surface area contributed by atoms with Crippen molar-refractivity contribution in [1.29, 1.82) is 0 Å². The van der Waals surface area contributed by atoms with Gasteiger partial charge in [-0.15, -0.1) is 0 Å². The number of nitrogens with one attached hydrogen (secondary N) is 1. The van der Waals surface area contributed by atoms with Crippen molar-refractivity contribution in [3.63, 3.8) is 0 Å². The van der Waals surface area contributed by atoms with E-state index in [-0.39, 0.29) is 0 Å². The van der Waals surface area contributed by atoms with E-state index in [9.17, 15) is 0 Å². The predicted molar refractivity (Wildman–Crippen MR) is 86.7 cm³/mol. The minimum atomic E-state index is 0.463. The topological polar surface area (TPSA) is 12.0 Å². The quantitative estimate of drug-likeness (QED) is 0.766. The minimum Gasteiger partial charge on any atom is -0.307 e. The van der Waals surface area contributed by atoms with Gasteiger partial charge in [-0.05, 0) is 71.9 Å². The lowest BCUT2D eigenvalue weighted by atomic mass is 9.93. The van der Waals surface area contributed by atoms with Gasteiger partial charge < -0.3 is 5.32 Å². The maximum Gasteiger partial charge on any atom is 0.0294 e. The van der Waals surface area contributed by atoms with E-state index in [1.807, 2.05) is 0 Å². The van der Waals surface area contributed by atoms with Crippen molar-refractivity contribution < 1.29 is 0 Å². The molecular weight excluding hydrogens is 333 g/mol. The average molecular weight is 357 g/mol. The molecule has 0 spiro atoms. The van der Waals surface area contributed by atoms with E-state index in [0.29, 0.717) is 12.1 Å². The zero-order chi connectivity index (χ0) is 13.1. The first kappa shape index (κ1) is 14.3. The minimum absolute atomic E-state index is 0.463. The largest absolute Gasteiger partial charge is 0.307 e. The van der Waals surface area contributed by atoms with E-state index in [1.165, 1.54) is 28.4 Å². The summed E-state index contributed by atoms with van der Waals surface area (Å²) in [7, 11) is 0. The molecule has 1 aliphatic carbocycles. The highest BCUT2D eigenvalue weighted by molar-refractivity contribution is 14.1. The van der Waals surface area contributed by atoms with Gasteiger partial charge in [-0.3, -0.25) is 0 Å². The summed E-state index contributed by atoms with van der Waals surface area (Å²) in [6.07, 6.45) is 4.07. The predicted octanol–water partition coefficient (Wildman–Crippen LogP) is 4.77. The summed E-state index contributed by atoms with van der Waals surface area (Å²) in [5.41, 5.74) is 1.41. The summed E-state index contributed by atoms with van der Waals surface area (Å²) in [6, 6.07) is 10.0. The van der Waals surface area contributed by atoms with Crippen LogP contribution in [0.5, 0.6) is 0 Å². The zero-order valence-corrected chi connectivity index (χ0v) is 13.8. The molecule has 1 aliphatic rings. The van der Waals surface area contributed by atoms with Crippen LogP contribution in [0.1, 0.15) is 51.6 Å². The van der Waals surface area contributed by atoms with Gasteiger partial charge in [-0.25, -0.2) is 0 Å². The van der Waals surface area contributed by atoms with Gasteiger partial charge in [-0.1, -0.05) is 32.4 Å². The molecule has 1 saturated carbocycles. The molecule has 0 aromatic heterocycles. The molecule has 2 rings (SSSR count). The third-order valence-electron chi connectivity index (χ3n) is 4.59. The number of hydrogen-bond donors (Lipinski definition) is 1. The van der Waals surface area contributed by atoms with Gasteiger partial charge in [0, 0.05) is 15.7 Å². The van der Waals surface area contributed by atoms with Crippen molar-refractivity contribution in [2.75, 3.05) is 0 Å². The molecular formula is C16H24IN. The van der Waals surface area contributed by atoms with Crippen LogP contribution in [0.4, 0.5) is 0 Å². The molecule has 0 heterocycles. The molecule has 0 amide bonds. The Morgan fingerprint density at radius 2 is 1.94 bits per heavy atom. The number of halogens is 1. The van der Waals surface area contributed by atoms with Crippen LogP contribution in [0, 0.1) is 15.4 Å². The molecule has 4 atom stereocenters. The Kier molecular flexibility index (Phi) is 5.07. The van der Waals surface area contributed by atoms with E-state index in [2.05, 4.69) is 72.9 Å². The number of rotatable bonds is 4. The first-order valence-corrected chi connectivity index (χ1v) is 8.21. The van der Waals surface area contributed by atoms with Gasteiger partial charge in [0.2, 0.25) is 0 Å². The van der Waals surface area contributed by atoms with Gasteiger partial charge >= 0.3 is 0 Å². The second-order valence-electron chi connectivity index (χ2n) is 5.65. The van der Waals surface area contributed by atoms with Crippen LogP contribution in [-0.2, 0) is 0 Å². The van der Waals surface area contributed by atoms with E-state index in [0.717, 1.165) is 11.8 Å². The van der Waals surface area contributed by atoms with Gasteiger partial charge in [0.1, 0.15) is 0 Å². The van der Waals surface area contributed by atoms with E-state index >= 15 is 0 Å². The van der Waals surface area contributed by atoms with Crippen molar-refractivity contribution in [3.8, 4) is 0 Å². The Balaban J connectivity index is 1.95. The molecule has 0 saturated heterocycles. The van der Waals surface area contributed by atoms with Crippen LogP contribution in [-0.4, -0.2) is 6.04 Å². The second kappa shape index (κ2) is 6.38. The third kappa shape index (κ3) is 3.27. The van der Waals surface area contributed by atoms with E-state index < -0.39 is 0 Å². The fourth-order valence-corrected chi connectivity index (χ4v) is 3.59. The lowest BCUT2D eigenvalue weighted by Gasteiger charge is -2.25. The molecule has 0 radical (unpaired) electrons. The highest BCUT2D eigenvalue weighted by Crippen LogP contribution is 2.35. The molecule has 1 fully saturated rings. The van der Waals surface area contributed by atoms with Gasteiger partial charge in [0.15, 0.2) is 0 Å². The molecule has 0 aliphatic heterocycles. The molecule has 2 heteroatoms. The van der Waals surface area contributed by atoms with Crippen LogP contribution in [0.3, 0.4) is 0 Å². The summed E-state index contributed by atoms with van der Waals surface area (Å²) in [5, 5.41) is 3.83. The highest BCUT2D eigenvalue weighted by Gasteiger charge is 2.32. The van der Waals surface area contributed by atoms with Gasteiger partial charge in [0.05, 0.1) is 0 Å². The van der Waals surface area contributed by atoms with Crippen LogP contribution >= 0.6 is 22.6 Å². The summed E-state index contributed by atoms with van der Waals surface area (Å²) in [6.45, 7) is 7.03. The maximum absolute atomic E-state index is 3.83. The molecule has 1 aromatic carbocycles. The Labute approximate surface area is 125 Å². The number of benzene rings is 1. The lowest BCUT2D eigenvalue weighted by molar-refractivity contribution is 0.327. The van der Waals surface area contributed by atoms with Gasteiger partial charge in [-0.2, -0.15) is 0 Å². The maximum atomic E-state index is 3.83. The summed E-state index contributed by atoms with van der Waals surface area (Å²) in [4.78, 5) is 0. The third-order valence-corrected chi connectivity index (χ3v) is 5.30. The Bertz CT molecular complexity index is 373. The molecule has 0 bridgehead atoms. The van der Waals surface area contributed by atoms with Crippen LogP contribution in [0.2, 0.25) is 0 Å². The van der Waals surface area contributed by atoms with Crippen molar-refractivity contribution in [2.24, 2.45) is 11.8 Å². The van der Waals surface area contributed by atoms with Crippen molar-refractivity contribution in [3.05, 3.63) is 33.4 Å². The SMILES string of the molecule is CCC1CCC(NC(C)c2ccc(I)cc2)C1C. The molecule has 1 nitrogen and oxygen atoms in total. The van der Waals surface area contributed by atoms with E-state index in [1.54, 1.807) is 0 Å². The summed E-state index contributed by atoms with van der Waals surface area (Å²) >= 11 is 2.36. The van der Waals surface area contributed by atoms with Gasteiger partial charge in [0.25, 0.3) is 0 Å². The lowest BCUT2D eigenvalue weighted by Crippen LogP contribution is -2.34. The van der Waals surface area contributed by atoms with E-state index in [4.69, 9.17) is 0 Å². The normalized spacial score (nSPS) is 29.4. The Morgan fingerprint density at radius 3 is 2.50 bits per heavy atom. The van der Waals surface area contributed by atoms with Crippen molar-refractivity contribution >= 4 is 22.6 Å². The Morgan fingerprint density at radius 1 is 1.28 bits per heavy atom. The standard InChI is InChI=1S/C16H24IN/c1-4-13-7-10-16(11(13)2)18-12(3)14-5-8-15(17)9-6-14/h5-6,8-9,11-13,16,18H,4,7,10H2,1-3H3. The monoisotopic (exact) mass is 357 g/mol. The first-order chi connectivity index (χ1) is 8.61. The first-order valence-electron chi connectivity index (χ1n) is 7.13. The summed E-state index contributed by atoms with van der Waals surface area (Å²) in [5.74, 6) is 1.74. The molecule has 4 unspecified atom stereocenters.